The Kier molecular flexibility index (Phi) is 7.65. The van der Waals surface area contributed by atoms with Crippen molar-refractivity contribution >= 4 is 38.2 Å². The Morgan fingerprint density at radius 1 is 1.11 bits per heavy atom. The summed E-state index contributed by atoms with van der Waals surface area (Å²) in [6.07, 6.45) is 1.78. The van der Waals surface area contributed by atoms with Gasteiger partial charge in [-0.3, -0.25) is 14.9 Å². The maximum Gasteiger partial charge on any atom is 0.293 e. The van der Waals surface area contributed by atoms with E-state index in [9.17, 15) is 28.4 Å². The van der Waals surface area contributed by atoms with E-state index in [-0.39, 0.29) is 29.5 Å². The summed E-state index contributed by atoms with van der Waals surface area (Å²) in [6.45, 7) is 3.38. The highest BCUT2D eigenvalue weighted by Crippen LogP contribution is 2.30. The molecular formula is C26H26N4O7S. The van der Waals surface area contributed by atoms with E-state index in [0.717, 1.165) is 23.0 Å². The van der Waals surface area contributed by atoms with Crippen LogP contribution in [0.25, 0.3) is 10.9 Å². The number of aliphatic hydroxyl groups is 1. The smallest absolute Gasteiger partial charge is 0.293 e. The second kappa shape index (κ2) is 10.9. The standard InChI is InChI=1S/C26H26N4O7S/c1-16(2)23(15-31)28-22-10-8-19(14-24(22)30(33)34)38(35,36)29-26(32)20-5-3-4-6-25(20)37-18-7-9-21-17(13-18)11-12-27-21/h3-14,16,23,27-28,31H,15H2,1-2H3,(H,29,32)/t23-/m0/s1. The van der Waals surface area contributed by atoms with Crippen LogP contribution in [0.3, 0.4) is 0 Å². The molecule has 0 spiro atoms. The molecule has 0 bridgehead atoms. The summed E-state index contributed by atoms with van der Waals surface area (Å²) in [5, 5.41) is 25.0. The third-order valence-electron chi connectivity index (χ3n) is 5.93. The van der Waals surface area contributed by atoms with Crippen LogP contribution < -0.4 is 14.8 Å². The van der Waals surface area contributed by atoms with Gasteiger partial charge in [0.1, 0.15) is 17.2 Å². The van der Waals surface area contributed by atoms with Gasteiger partial charge in [-0.05, 0) is 54.4 Å². The molecule has 1 heterocycles. The number of hydrogen-bond donors (Lipinski definition) is 4. The number of carbonyl (C=O) groups is 1. The highest BCUT2D eigenvalue weighted by atomic mass is 32.2. The number of nitrogens with zero attached hydrogens (tertiary/aromatic N) is 1. The summed E-state index contributed by atoms with van der Waals surface area (Å²) in [7, 11) is -4.48. The highest BCUT2D eigenvalue weighted by molar-refractivity contribution is 7.90. The van der Waals surface area contributed by atoms with Gasteiger partial charge in [-0.25, -0.2) is 13.1 Å². The number of fused-ring (bicyclic) bond motifs is 1. The molecule has 0 aliphatic rings. The van der Waals surface area contributed by atoms with Crippen molar-refractivity contribution in [2.75, 3.05) is 11.9 Å². The molecule has 1 amide bonds. The third kappa shape index (κ3) is 5.76. The predicted molar refractivity (Wildman–Crippen MR) is 142 cm³/mol. The molecule has 0 aliphatic carbocycles. The first kappa shape index (κ1) is 26.6. The first-order valence-electron chi connectivity index (χ1n) is 11.7. The fraction of sp³-hybridized carbons (Fsp3) is 0.192. The van der Waals surface area contributed by atoms with Gasteiger partial charge in [0.15, 0.2) is 0 Å². The van der Waals surface area contributed by atoms with Crippen molar-refractivity contribution in [2.45, 2.75) is 24.8 Å². The first-order valence-corrected chi connectivity index (χ1v) is 13.1. The van der Waals surface area contributed by atoms with E-state index in [1.54, 1.807) is 30.5 Å². The van der Waals surface area contributed by atoms with Crippen LogP contribution in [0.15, 0.2) is 77.8 Å². The van der Waals surface area contributed by atoms with Gasteiger partial charge in [0, 0.05) is 23.2 Å². The van der Waals surface area contributed by atoms with E-state index in [4.69, 9.17) is 4.74 Å². The summed E-state index contributed by atoms with van der Waals surface area (Å²) < 4.78 is 33.9. The van der Waals surface area contributed by atoms with Gasteiger partial charge in [-0.1, -0.05) is 26.0 Å². The Morgan fingerprint density at radius 2 is 1.87 bits per heavy atom. The average Bonchev–Trinajstić information content (AvgIpc) is 3.35. The number of carbonyl (C=O) groups excluding carboxylic acids is 1. The number of rotatable bonds is 10. The number of anilines is 1. The molecule has 12 heteroatoms. The van der Waals surface area contributed by atoms with Crippen LogP contribution >= 0.6 is 0 Å². The van der Waals surface area contributed by atoms with Gasteiger partial charge in [-0.2, -0.15) is 0 Å². The molecule has 4 rings (SSSR count). The van der Waals surface area contributed by atoms with E-state index in [0.29, 0.717) is 5.75 Å². The molecule has 1 aromatic heterocycles. The van der Waals surface area contributed by atoms with Crippen molar-refractivity contribution in [3.8, 4) is 11.5 Å². The van der Waals surface area contributed by atoms with Crippen LogP contribution in [0.4, 0.5) is 11.4 Å². The van der Waals surface area contributed by atoms with Crippen LogP contribution in [0.1, 0.15) is 24.2 Å². The van der Waals surface area contributed by atoms with Gasteiger partial charge in [0.25, 0.3) is 21.6 Å². The molecule has 0 saturated heterocycles. The molecule has 4 aromatic rings. The number of para-hydroxylation sites is 1. The fourth-order valence-corrected chi connectivity index (χ4v) is 4.76. The molecule has 4 N–H and O–H groups in total. The number of benzene rings is 3. The zero-order chi connectivity index (χ0) is 27.4. The van der Waals surface area contributed by atoms with E-state index < -0.39 is 37.5 Å². The zero-order valence-electron chi connectivity index (χ0n) is 20.5. The van der Waals surface area contributed by atoms with Crippen LogP contribution in [0.2, 0.25) is 0 Å². The summed E-state index contributed by atoms with van der Waals surface area (Å²) >= 11 is 0. The summed E-state index contributed by atoms with van der Waals surface area (Å²) in [6, 6.07) is 16.0. The Bertz CT molecular complexity index is 1600. The van der Waals surface area contributed by atoms with E-state index in [2.05, 4.69) is 10.3 Å². The monoisotopic (exact) mass is 538 g/mol. The van der Waals surface area contributed by atoms with Crippen LogP contribution in [-0.4, -0.2) is 42.0 Å². The van der Waals surface area contributed by atoms with Crippen LogP contribution in [-0.2, 0) is 10.0 Å². The molecule has 0 fully saturated rings. The van der Waals surface area contributed by atoms with Crippen molar-refractivity contribution in [1.29, 1.82) is 0 Å². The molecular weight excluding hydrogens is 512 g/mol. The molecule has 0 radical (unpaired) electrons. The normalized spacial score (nSPS) is 12.3. The van der Waals surface area contributed by atoms with Crippen molar-refractivity contribution in [1.82, 2.24) is 9.71 Å². The molecule has 198 valence electrons. The number of sulfonamides is 1. The van der Waals surface area contributed by atoms with Crippen LogP contribution in [0.5, 0.6) is 11.5 Å². The minimum absolute atomic E-state index is 0.0410. The number of hydrogen-bond acceptors (Lipinski definition) is 8. The lowest BCUT2D eigenvalue weighted by Gasteiger charge is -2.21. The third-order valence-corrected chi connectivity index (χ3v) is 7.26. The number of H-pyrrole nitrogens is 1. The van der Waals surface area contributed by atoms with Gasteiger partial charge in [0.05, 0.1) is 28.0 Å². The number of aromatic nitrogens is 1. The lowest BCUT2D eigenvalue weighted by Crippen LogP contribution is -2.31. The number of aromatic amines is 1. The minimum atomic E-state index is -4.48. The number of aliphatic hydroxyl groups excluding tert-OH is 1. The minimum Gasteiger partial charge on any atom is -0.457 e. The summed E-state index contributed by atoms with van der Waals surface area (Å²) in [5.74, 6) is -0.436. The topological polar surface area (TPSA) is 164 Å². The fourth-order valence-electron chi connectivity index (χ4n) is 3.78. The van der Waals surface area contributed by atoms with E-state index in [1.165, 1.54) is 18.2 Å². The van der Waals surface area contributed by atoms with E-state index in [1.807, 2.05) is 30.7 Å². The van der Waals surface area contributed by atoms with Crippen LogP contribution in [0, 0.1) is 16.0 Å². The van der Waals surface area contributed by atoms with Gasteiger partial charge in [0.2, 0.25) is 0 Å². The predicted octanol–water partition coefficient (Wildman–Crippen LogP) is 4.42. The SMILES string of the molecule is CC(C)[C@H](CO)Nc1ccc(S(=O)(=O)NC(=O)c2ccccc2Oc2ccc3[nH]ccc3c2)cc1[N+](=O)[O-]. The maximum absolute atomic E-state index is 13.0. The molecule has 3 aromatic carbocycles. The lowest BCUT2D eigenvalue weighted by molar-refractivity contribution is -0.384. The molecule has 0 saturated carbocycles. The largest absolute Gasteiger partial charge is 0.457 e. The lowest BCUT2D eigenvalue weighted by atomic mass is 10.0. The molecule has 11 nitrogen and oxygen atoms in total. The van der Waals surface area contributed by atoms with Crippen molar-refractivity contribution in [3.05, 3.63) is 88.6 Å². The average molecular weight is 539 g/mol. The molecule has 0 aliphatic heterocycles. The molecule has 0 unspecified atom stereocenters. The Labute approximate surface area is 218 Å². The van der Waals surface area contributed by atoms with E-state index >= 15 is 0 Å². The quantitative estimate of drug-likeness (QED) is 0.170. The number of nitro benzene ring substituents is 1. The highest BCUT2D eigenvalue weighted by Gasteiger charge is 2.26. The Morgan fingerprint density at radius 3 is 2.58 bits per heavy atom. The second-order valence-electron chi connectivity index (χ2n) is 8.87. The first-order chi connectivity index (χ1) is 18.1. The number of nitro groups is 1. The Balaban J connectivity index is 1.58. The van der Waals surface area contributed by atoms with Gasteiger partial charge in [-0.15, -0.1) is 0 Å². The number of ether oxygens (including phenoxy) is 1. The number of nitrogens with one attached hydrogen (secondary N) is 3. The molecule has 38 heavy (non-hydrogen) atoms. The molecule has 1 atom stereocenters. The second-order valence-corrected chi connectivity index (χ2v) is 10.6. The van der Waals surface area contributed by atoms with Crippen molar-refractivity contribution in [2.24, 2.45) is 5.92 Å². The zero-order valence-corrected chi connectivity index (χ0v) is 21.4. The van der Waals surface area contributed by atoms with Gasteiger partial charge < -0.3 is 20.1 Å². The summed E-state index contributed by atoms with van der Waals surface area (Å²) in [5.41, 5.74) is 0.399. The van der Waals surface area contributed by atoms with Crippen molar-refractivity contribution in [3.63, 3.8) is 0 Å². The summed E-state index contributed by atoms with van der Waals surface area (Å²) in [4.78, 5) is 26.5. The maximum atomic E-state index is 13.0. The Hall–Kier alpha value is -4.42. The van der Waals surface area contributed by atoms with Gasteiger partial charge >= 0.3 is 0 Å². The van der Waals surface area contributed by atoms with Crippen molar-refractivity contribution < 1.29 is 28.0 Å². The number of amides is 1.